The predicted molar refractivity (Wildman–Crippen MR) is 87.6 cm³/mol. The number of esters is 1. The van der Waals surface area contributed by atoms with Gasteiger partial charge in [0.15, 0.2) is 0 Å². The lowest BCUT2D eigenvalue weighted by atomic mass is 10.1. The summed E-state index contributed by atoms with van der Waals surface area (Å²) in [5.74, 6) is -0.789. The van der Waals surface area contributed by atoms with Crippen molar-refractivity contribution in [3.05, 3.63) is 70.2 Å². The Morgan fingerprint density at radius 2 is 1.73 bits per heavy atom. The number of methoxy groups -OCH3 is 1. The summed E-state index contributed by atoms with van der Waals surface area (Å²) in [4.78, 5) is 24.3. The molecule has 22 heavy (non-hydrogen) atoms. The first kappa shape index (κ1) is 16.2. The number of ether oxygens (including phenoxy) is 1. The molecule has 2 rings (SSSR count). The molecule has 0 aliphatic heterocycles. The average Bonchev–Trinajstić information content (AvgIpc) is 2.54. The van der Waals surface area contributed by atoms with Crippen molar-refractivity contribution in [2.75, 3.05) is 7.11 Å². The van der Waals surface area contributed by atoms with Crippen molar-refractivity contribution >= 4 is 27.8 Å². The molecule has 2 aromatic rings. The molecule has 0 saturated heterocycles. The van der Waals surface area contributed by atoms with Gasteiger partial charge in [0.1, 0.15) is 6.04 Å². The van der Waals surface area contributed by atoms with E-state index in [1.807, 2.05) is 36.4 Å². The van der Waals surface area contributed by atoms with Crippen molar-refractivity contribution in [2.45, 2.75) is 12.5 Å². The number of hydrogen-bond acceptors (Lipinski definition) is 3. The van der Waals surface area contributed by atoms with Crippen molar-refractivity contribution in [3.63, 3.8) is 0 Å². The highest BCUT2D eigenvalue weighted by molar-refractivity contribution is 9.10. The third kappa shape index (κ3) is 4.18. The Morgan fingerprint density at radius 3 is 2.36 bits per heavy atom. The molecule has 0 heterocycles. The molecule has 0 aliphatic rings. The van der Waals surface area contributed by atoms with Gasteiger partial charge in [-0.25, -0.2) is 4.79 Å². The van der Waals surface area contributed by atoms with Crippen LogP contribution in [0.1, 0.15) is 15.9 Å². The molecule has 0 spiro atoms. The Kier molecular flexibility index (Phi) is 5.72. The van der Waals surface area contributed by atoms with Gasteiger partial charge in [-0.1, -0.05) is 42.5 Å². The van der Waals surface area contributed by atoms with Gasteiger partial charge in [-0.2, -0.15) is 0 Å². The van der Waals surface area contributed by atoms with Crippen LogP contribution in [0.2, 0.25) is 0 Å². The van der Waals surface area contributed by atoms with Gasteiger partial charge in [-0.3, -0.25) is 4.79 Å². The van der Waals surface area contributed by atoms with Crippen molar-refractivity contribution in [2.24, 2.45) is 0 Å². The fourth-order valence-corrected chi connectivity index (χ4v) is 2.53. The molecule has 0 fully saturated rings. The Labute approximate surface area is 137 Å². The monoisotopic (exact) mass is 361 g/mol. The van der Waals surface area contributed by atoms with Gasteiger partial charge >= 0.3 is 5.97 Å². The maximum absolute atomic E-state index is 12.3. The van der Waals surface area contributed by atoms with E-state index in [4.69, 9.17) is 4.74 Å². The molecule has 5 heteroatoms. The van der Waals surface area contributed by atoms with Crippen LogP contribution >= 0.6 is 15.9 Å². The number of nitrogens with one attached hydrogen (secondary N) is 1. The number of carbonyl (C=O) groups excluding carboxylic acids is 2. The SMILES string of the molecule is COC(=O)[C@H](Cc1ccccc1)NC(=O)c1ccccc1Br. The van der Waals surface area contributed by atoms with E-state index >= 15 is 0 Å². The number of benzene rings is 2. The van der Waals surface area contributed by atoms with Crippen molar-refractivity contribution < 1.29 is 14.3 Å². The van der Waals surface area contributed by atoms with Crippen LogP contribution in [-0.4, -0.2) is 25.0 Å². The Morgan fingerprint density at radius 1 is 1.09 bits per heavy atom. The van der Waals surface area contributed by atoms with Crippen LogP contribution in [0, 0.1) is 0 Å². The first-order chi connectivity index (χ1) is 10.6. The molecule has 0 aliphatic carbocycles. The van der Waals surface area contributed by atoms with Crippen LogP contribution in [-0.2, 0) is 16.0 Å². The van der Waals surface area contributed by atoms with E-state index < -0.39 is 12.0 Å². The highest BCUT2D eigenvalue weighted by Crippen LogP contribution is 2.16. The topological polar surface area (TPSA) is 55.4 Å². The summed E-state index contributed by atoms with van der Waals surface area (Å²) in [6.45, 7) is 0. The van der Waals surface area contributed by atoms with E-state index in [2.05, 4.69) is 21.2 Å². The fourth-order valence-electron chi connectivity index (χ4n) is 2.07. The van der Waals surface area contributed by atoms with Gasteiger partial charge in [-0.05, 0) is 33.6 Å². The summed E-state index contributed by atoms with van der Waals surface area (Å²) in [5.41, 5.74) is 1.43. The van der Waals surface area contributed by atoms with E-state index in [0.29, 0.717) is 16.5 Å². The van der Waals surface area contributed by atoms with Crippen LogP contribution in [0.5, 0.6) is 0 Å². The minimum atomic E-state index is -0.730. The van der Waals surface area contributed by atoms with E-state index in [1.165, 1.54) is 7.11 Å². The maximum Gasteiger partial charge on any atom is 0.328 e. The quantitative estimate of drug-likeness (QED) is 0.833. The zero-order chi connectivity index (χ0) is 15.9. The number of carbonyl (C=O) groups is 2. The first-order valence-corrected chi connectivity index (χ1v) is 7.58. The highest BCUT2D eigenvalue weighted by Gasteiger charge is 2.23. The summed E-state index contributed by atoms with van der Waals surface area (Å²) >= 11 is 3.33. The lowest BCUT2D eigenvalue weighted by Gasteiger charge is -2.17. The highest BCUT2D eigenvalue weighted by atomic mass is 79.9. The first-order valence-electron chi connectivity index (χ1n) is 6.79. The van der Waals surface area contributed by atoms with Gasteiger partial charge in [0.05, 0.1) is 12.7 Å². The van der Waals surface area contributed by atoms with E-state index in [-0.39, 0.29) is 5.91 Å². The second kappa shape index (κ2) is 7.75. The second-order valence-electron chi connectivity index (χ2n) is 4.72. The molecule has 0 unspecified atom stereocenters. The number of rotatable bonds is 5. The smallest absolute Gasteiger partial charge is 0.328 e. The fraction of sp³-hybridized carbons (Fsp3) is 0.176. The largest absolute Gasteiger partial charge is 0.467 e. The molecule has 1 amide bonds. The van der Waals surface area contributed by atoms with Gasteiger partial charge in [0.25, 0.3) is 5.91 Å². The van der Waals surface area contributed by atoms with Gasteiger partial charge in [0.2, 0.25) is 0 Å². The van der Waals surface area contributed by atoms with Crippen molar-refractivity contribution in [3.8, 4) is 0 Å². The Bertz CT molecular complexity index is 658. The minimum absolute atomic E-state index is 0.321. The van der Waals surface area contributed by atoms with Crippen molar-refractivity contribution in [1.29, 1.82) is 0 Å². The zero-order valence-corrected chi connectivity index (χ0v) is 13.7. The maximum atomic E-state index is 12.3. The minimum Gasteiger partial charge on any atom is -0.467 e. The van der Waals surface area contributed by atoms with Gasteiger partial charge in [0, 0.05) is 10.9 Å². The molecule has 0 radical (unpaired) electrons. The summed E-state index contributed by atoms with van der Waals surface area (Å²) in [5, 5.41) is 2.73. The molecule has 114 valence electrons. The molecule has 0 aromatic heterocycles. The van der Waals surface area contributed by atoms with Crippen LogP contribution in [0.3, 0.4) is 0 Å². The van der Waals surface area contributed by atoms with E-state index in [1.54, 1.807) is 18.2 Å². The van der Waals surface area contributed by atoms with E-state index in [0.717, 1.165) is 5.56 Å². The summed E-state index contributed by atoms with van der Waals surface area (Å²) < 4.78 is 5.46. The molecule has 0 bridgehead atoms. The third-order valence-corrected chi connectivity index (χ3v) is 3.88. The summed E-state index contributed by atoms with van der Waals surface area (Å²) in [7, 11) is 1.31. The number of halogens is 1. The standard InChI is InChI=1S/C17H16BrNO3/c1-22-17(21)15(11-12-7-3-2-4-8-12)19-16(20)13-9-5-6-10-14(13)18/h2-10,15H,11H2,1H3,(H,19,20)/t15-/m0/s1. The molecule has 2 aromatic carbocycles. The predicted octanol–water partition coefficient (Wildman–Crippen LogP) is 2.96. The second-order valence-corrected chi connectivity index (χ2v) is 5.57. The molecule has 1 atom stereocenters. The van der Waals surface area contributed by atoms with Crippen LogP contribution in [0.15, 0.2) is 59.1 Å². The van der Waals surface area contributed by atoms with Crippen LogP contribution in [0.25, 0.3) is 0 Å². The zero-order valence-electron chi connectivity index (χ0n) is 12.1. The lowest BCUT2D eigenvalue weighted by molar-refractivity contribution is -0.142. The normalized spacial score (nSPS) is 11.5. The molecule has 0 saturated carbocycles. The Balaban J connectivity index is 2.15. The van der Waals surface area contributed by atoms with E-state index in [9.17, 15) is 9.59 Å². The molecule has 1 N–H and O–H groups in total. The van der Waals surface area contributed by atoms with Crippen LogP contribution < -0.4 is 5.32 Å². The summed E-state index contributed by atoms with van der Waals surface area (Å²) in [6.07, 6.45) is 0.379. The Hall–Kier alpha value is -2.14. The summed E-state index contributed by atoms with van der Waals surface area (Å²) in [6, 6.07) is 15.8. The molecular formula is C17H16BrNO3. The third-order valence-electron chi connectivity index (χ3n) is 3.19. The van der Waals surface area contributed by atoms with Crippen molar-refractivity contribution in [1.82, 2.24) is 5.32 Å². The molecular weight excluding hydrogens is 346 g/mol. The number of amides is 1. The average molecular weight is 362 g/mol. The molecule has 4 nitrogen and oxygen atoms in total. The lowest BCUT2D eigenvalue weighted by Crippen LogP contribution is -2.43. The van der Waals surface area contributed by atoms with Crippen LogP contribution in [0.4, 0.5) is 0 Å². The number of hydrogen-bond donors (Lipinski definition) is 1. The van der Waals surface area contributed by atoms with Gasteiger partial charge in [-0.15, -0.1) is 0 Å². The van der Waals surface area contributed by atoms with Gasteiger partial charge < -0.3 is 10.1 Å².